The summed E-state index contributed by atoms with van der Waals surface area (Å²) in [4.78, 5) is 55.0. The van der Waals surface area contributed by atoms with Crippen molar-refractivity contribution < 1.29 is 43.6 Å². The average molecular weight is 402 g/mol. The Bertz CT molecular complexity index is 757. The number of rotatable bonds is 9. The number of carbonyl (C=O) groups is 2. The molecule has 1 aliphatic carbocycles. The molecule has 3 atom stereocenters. The van der Waals surface area contributed by atoms with Crippen molar-refractivity contribution in [1.29, 1.82) is 0 Å². The Morgan fingerprint density at radius 1 is 1.04 bits per heavy atom. The molecule has 0 aromatic heterocycles. The lowest BCUT2D eigenvalue weighted by Gasteiger charge is -2.23. The van der Waals surface area contributed by atoms with Crippen molar-refractivity contribution in [1.82, 2.24) is 0 Å². The van der Waals surface area contributed by atoms with Crippen molar-refractivity contribution in [3.63, 3.8) is 0 Å². The van der Waals surface area contributed by atoms with E-state index in [2.05, 4.69) is 9.68 Å². The summed E-state index contributed by atoms with van der Waals surface area (Å²) >= 11 is 0. The molecule has 0 saturated carbocycles. The van der Waals surface area contributed by atoms with Crippen LogP contribution in [0, 0.1) is 20.2 Å². The summed E-state index contributed by atoms with van der Waals surface area (Å²) in [6, 6.07) is 0. The molecule has 154 valence electrons. The summed E-state index contributed by atoms with van der Waals surface area (Å²) in [5.41, 5.74) is 0.273. The average Bonchev–Trinajstić information content (AvgIpc) is 2.98. The summed E-state index contributed by atoms with van der Waals surface area (Å²) in [7, 11) is 2.46. The lowest BCUT2D eigenvalue weighted by Crippen LogP contribution is -2.38. The van der Waals surface area contributed by atoms with Crippen molar-refractivity contribution in [2.45, 2.75) is 38.1 Å². The highest BCUT2D eigenvalue weighted by Crippen LogP contribution is 2.31. The van der Waals surface area contributed by atoms with Gasteiger partial charge in [0, 0.05) is 11.1 Å². The predicted octanol–water partition coefficient (Wildman–Crippen LogP) is 0.292. The predicted molar refractivity (Wildman–Crippen MR) is 86.5 cm³/mol. The molecule has 13 heteroatoms. The molecule has 1 saturated heterocycles. The quantitative estimate of drug-likeness (QED) is 0.295. The number of Topliss-reactive ketones (excluding diaryl/α,β-unsaturated/α-hetero) is 2. The van der Waals surface area contributed by atoms with E-state index in [4.69, 9.17) is 14.2 Å². The van der Waals surface area contributed by atoms with Gasteiger partial charge < -0.3 is 23.9 Å². The van der Waals surface area contributed by atoms with Crippen LogP contribution in [0.4, 0.5) is 0 Å². The largest absolute Gasteiger partial charge is 0.489 e. The third kappa shape index (κ3) is 4.19. The Morgan fingerprint density at radius 2 is 1.61 bits per heavy atom. The van der Waals surface area contributed by atoms with Crippen LogP contribution in [0.25, 0.3) is 0 Å². The minimum Gasteiger partial charge on any atom is -0.489 e. The topological polar surface area (TPSA) is 167 Å². The molecule has 0 bridgehead atoms. The van der Waals surface area contributed by atoms with Gasteiger partial charge in [0.25, 0.3) is 10.2 Å². The molecule has 1 aliphatic heterocycles. The first kappa shape index (κ1) is 21.1. The first-order valence-corrected chi connectivity index (χ1v) is 8.06. The van der Waals surface area contributed by atoms with Crippen LogP contribution < -0.4 is 0 Å². The van der Waals surface area contributed by atoms with Gasteiger partial charge in [-0.2, -0.15) is 0 Å². The van der Waals surface area contributed by atoms with Gasteiger partial charge in [-0.05, 0) is 19.8 Å². The number of hydrogen-bond donors (Lipinski definition) is 0. The van der Waals surface area contributed by atoms with E-state index in [1.54, 1.807) is 0 Å². The van der Waals surface area contributed by atoms with Gasteiger partial charge in [0.1, 0.15) is 0 Å². The molecule has 13 nitrogen and oxygen atoms in total. The van der Waals surface area contributed by atoms with Crippen molar-refractivity contribution in [2.24, 2.45) is 0 Å². The normalized spacial score (nSPS) is 25.0. The minimum atomic E-state index is -1.36. The summed E-state index contributed by atoms with van der Waals surface area (Å²) in [6.07, 6.45) is -3.60. The molecule has 0 radical (unpaired) electrons. The molecule has 0 amide bonds. The number of allylic oxidation sites excluding steroid dienone is 2. The van der Waals surface area contributed by atoms with Crippen LogP contribution in [0.5, 0.6) is 0 Å². The standard InChI is InChI=1S/C15H18N2O11/c1-7-8(12(19)15(25-3)14(24-2)11(7)18)4-5-9-13(28-17(22)23)10(6-26-9)27-16(20)21/h9-10,13H,4-6H2,1-3H3. The highest BCUT2D eigenvalue weighted by Gasteiger charge is 2.43. The van der Waals surface area contributed by atoms with Gasteiger partial charge in [0.05, 0.1) is 26.9 Å². The second-order valence-electron chi connectivity index (χ2n) is 5.90. The molecule has 2 rings (SSSR count). The van der Waals surface area contributed by atoms with Crippen molar-refractivity contribution >= 4 is 11.6 Å². The number of carbonyl (C=O) groups excluding carboxylic acids is 2. The maximum absolute atomic E-state index is 12.6. The number of nitrogens with zero attached hydrogens (tertiary/aromatic N) is 2. The van der Waals surface area contributed by atoms with E-state index in [1.807, 2.05) is 0 Å². The zero-order valence-electron chi connectivity index (χ0n) is 15.2. The molecule has 3 unspecified atom stereocenters. The zero-order valence-corrected chi connectivity index (χ0v) is 15.2. The van der Waals surface area contributed by atoms with Crippen LogP contribution in [-0.2, 0) is 33.5 Å². The van der Waals surface area contributed by atoms with Crippen LogP contribution in [0.3, 0.4) is 0 Å². The Labute approximate surface area is 158 Å². The first-order valence-electron chi connectivity index (χ1n) is 8.06. The lowest BCUT2D eigenvalue weighted by atomic mass is 9.89. The SMILES string of the molecule is COC1=C(OC)C(=O)C(CCC2OCC(O[N+](=O)[O-])C2O[N+](=O)[O-])=C(C)C1=O. The second kappa shape index (κ2) is 8.65. The zero-order chi connectivity index (χ0) is 21.0. The molecule has 0 N–H and O–H groups in total. The number of ketones is 2. The van der Waals surface area contributed by atoms with Gasteiger partial charge >= 0.3 is 0 Å². The number of ether oxygens (including phenoxy) is 3. The molecular formula is C15H18N2O11. The third-order valence-corrected chi connectivity index (χ3v) is 4.41. The van der Waals surface area contributed by atoms with E-state index in [-0.39, 0.29) is 42.1 Å². The molecule has 2 aliphatic rings. The molecule has 1 heterocycles. The Balaban J connectivity index is 2.16. The summed E-state index contributed by atoms with van der Waals surface area (Å²) in [5, 5.41) is 19.0. The highest BCUT2D eigenvalue weighted by atomic mass is 17.0. The van der Waals surface area contributed by atoms with E-state index in [1.165, 1.54) is 21.1 Å². The van der Waals surface area contributed by atoms with Gasteiger partial charge in [-0.3, -0.25) is 9.59 Å². The fourth-order valence-corrected chi connectivity index (χ4v) is 3.11. The van der Waals surface area contributed by atoms with Crippen LogP contribution in [0.15, 0.2) is 22.7 Å². The Hall–Kier alpha value is -3.22. The molecule has 1 fully saturated rings. The van der Waals surface area contributed by atoms with Gasteiger partial charge in [0.15, 0.2) is 12.2 Å². The first-order chi connectivity index (χ1) is 13.2. The maximum atomic E-state index is 12.6. The van der Waals surface area contributed by atoms with Crippen molar-refractivity contribution in [2.75, 3.05) is 20.8 Å². The number of hydrogen-bond acceptors (Lipinski definition) is 11. The van der Waals surface area contributed by atoms with E-state index >= 15 is 0 Å². The van der Waals surface area contributed by atoms with Crippen LogP contribution >= 0.6 is 0 Å². The van der Waals surface area contributed by atoms with Crippen LogP contribution in [-0.4, -0.2) is 60.9 Å². The van der Waals surface area contributed by atoms with Gasteiger partial charge in [-0.15, -0.1) is 20.2 Å². The van der Waals surface area contributed by atoms with E-state index in [9.17, 15) is 29.8 Å². The monoisotopic (exact) mass is 402 g/mol. The van der Waals surface area contributed by atoms with Crippen molar-refractivity contribution in [3.05, 3.63) is 42.9 Å². The Kier molecular flexibility index (Phi) is 6.51. The fraction of sp³-hybridized carbons (Fsp3) is 0.600. The molecule has 0 aromatic carbocycles. The summed E-state index contributed by atoms with van der Waals surface area (Å²) in [6.45, 7) is 1.15. The van der Waals surface area contributed by atoms with E-state index in [0.29, 0.717) is 0 Å². The van der Waals surface area contributed by atoms with Gasteiger partial charge in [-0.1, -0.05) is 0 Å². The third-order valence-electron chi connectivity index (χ3n) is 4.41. The maximum Gasteiger partial charge on any atom is 0.294 e. The van der Waals surface area contributed by atoms with Gasteiger partial charge in [-0.25, -0.2) is 0 Å². The Morgan fingerprint density at radius 3 is 2.14 bits per heavy atom. The summed E-state index contributed by atoms with van der Waals surface area (Å²) in [5.74, 6) is -1.53. The second-order valence-corrected chi connectivity index (χ2v) is 5.90. The van der Waals surface area contributed by atoms with Crippen LogP contribution in [0.1, 0.15) is 19.8 Å². The van der Waals surface area contributed by atoms with Crippen molar-refractivity contribution in [3.8, 4) is 0 Å². The lowest BCUT2D eigenvalue weighted by molar-refractivity contribution is -0.797. The minimum absolute atomic E-state index is 0.00626. The smallest absolute Gasteiger partial charge is 0.294 e. The fourth-order valence-electron chi connectivity index (χ4n) is 3.11. The molecular weight excluding hydrogens is 384 g/mol. The van der Waals surface area contributed by atoms with E-state index in [0.717, 1.165) is 0 Å². The molecule has 0 aromatic rings. The molecule has 0 spiro atoms. The molecule has 28 heavy (non-hydrogen) atoms. The highest BCUT2D eigenvalue weighted by molar-refractivity contribution is 6.23. The van der Waals surface area contributed by atoms with E-state index < -0.39 is 40.1 Å². The van der Waals surface area contributed by atoms with Gasteiger partial charge in [0.2, 0.25) is 23.1 Å². The number of methoxy groups -OCH3 is 2. The summed E-state index contributed by atoms with van der Waals surface area (Å²) < 4.78 is 15.2. The van der Waals surface area contributed by atoms with Crippen LogP contribution in [0.2, 0.25) is 0 Å².